The van der Waals surface area contributed by atoms with Gasteiger partial charge in [0.15, 0.2) is 0 Å². The van der Waals surface area contributed by atoms with Crippen molar-refractivity contribution in [2.24, 2.45) is 5.92 Å². The van der Waals surface area contributed by atoms with Gasteiger partial charge in [0.25, 0.3) is 0 Å². The molecule has 0 unspecified atom stereocenters. The van der Waals surface area contributed by atoms with Crippen LogP contribution >= 0.6 is 0 Å². The highest BCUT2D eigenvalue weighted by molar-refractivity contribution is 5.73. The lowest BCUT2D eigenvalue weighted by atomic mass is 9.94. The fourth-order valence-corrected chi connectivity index (χ4v) is 2.59. The zero-order chi connectivity index (χ0) is 16.1. The molecule has 0 saturated carbocycles. The lowest BCUT2D eigenvalue weighted by Crippen LogP contribution is -2.52. The van der Waals surface area contributed by atoms with Gasteiger partial charge in [0, 0.05) is 19.1 Å². The lowest BCUT2D eigenvalue weighted by molar-refractivity contribution is -0.144. The molecule has 2 rings (SSSR count). The number of hydrogen-bond acceptors (Lipinski definition) is 4. The minimum Gasteiger partial charge on any atom is -0.481 e. The van der Waals surface area contributed by atoms with E-state index in [1.54, 1.807) is 0 Å². The number of nitrogens with zero attached hydrogens (tertiary/aromatic N) is 2. The van der Waals surface area contributed by atoms with Crippen molar-refractivity contribution in [3.63, 3.8) is 0 Å². The molecular weight excluding hydrogens is 284 g/mol. The van der Waals surface area contributed by atoms with E-state index in [4.69, 9.17) is 4.74 Å². The van der Waals surface area contributed by atoms with Gasteiger partial charge >= 0.3 is 12.1 Å². The second-order valence-corrected chi connectivity index (χ2v) is 5.83. The number of hydrogen-bond donors (Lipinski definition) is 1. The molecular formula is C16H22N2O4. The van der Waals surface area contributed by atoms with Crippen LogP contribution in [-0.2, 0) is 16.1 Å². The van der Waals surface area contributed by atoms with Gasteiger partial charge in [0.05, 0.1) is 5.92 Å². The minimum atomic E-state index is -0.868. The van der Waals surface area contributed by atoms with Crippen LogP contribution in [0, 0.1) is 5.92 Å². The number of ether oxygens (including phenoxy) is 1. The monoisotopic (exact) mass is 306 g/mol. The van der Waals surface area contributed by atoms with Gasteiger partial charge in [-0.05, 0) is 26.1 Å². The first-order valence-electron chi connectivity index (χ1n) is 7.32. The fourth-order valence-electron chi connectivity index (χ4n) is 2.59. The van der Waals surface area contributed by atoms with Gasteiger partial charge in [-0.2, -0.15) is 0 Å². The summed E-state index contributed by atoms with van der Waals surface area (Å²) in [5, 5.41) is 9.25. The number of aliphatic carboxylic acids is 1. The van der Waals surface area contributed by atoms with Gasteiger partial charge in [-0.15, -0.1) is 0 Å². The standard InChI is InChI=1S/C16H22N2O4/c1-17(2)14-8-13(15(19)20)9-18(10-14)16(21)22-11-12-6-4-3-5-7-12/h3-7,13-14H,8-11H2,1-2H3,(H,19,20)/t13-,14+/m1/s1. The third kappa shape index (κ3) is 4.21. The molecule has 0 aromatic heterocycles. The molecule has 22 heavy (non-hydrogen) atoms. The second-order valence-electron chi connectivity index (χ2n) is 5.83. The Bertz CT molecular complexity index is 518. The van der Waals surface area contributed by atoms with Crippen molar-refractivity contribution in [2.75, 3.05) is 27.2 Å². The van der Waals surface area contributed by atoms with E-state index in [-0.39, 0.29) is 19.2 Å². The van der Waals surface area contributed by atoms with Crippen LogP contribution < -0.4 is 0 Å². The number of piperidine rings is 1. The molecule has 6 heteroatoms. The zero-order valence-electron chi connectivity index (χ0n) is 12.9. The van der Waals surface area contributed by atoms with Crippen molar-refractivity contribution < 1.29 is 19.4 Å². The van der Waals surface area contributed by atoms with Crippen molar-refractivity contribution in [2.45, 2.75) is 19.1 Å². The van der Waals surface area contributed by atoms with Gasteiger partial charge in [-0.1, -0.05) is 30.3 Å². The molecule has 0 radical (unpaired) electrons. The van der Waals surface area contributed by atoms with Crippen LogP contribution in [0.25, 0.3) is 0 Å². The van der Waals surface area contributed by atoms with E-state index in [0.717, 1.165) is 5.56 Å². The van der Waals surface area contributed by atoms with Crippen molar-refractivity contribution >= 4 is 12.1 Å². The average Bonchev–Trinajstić information content (AvgIpc) is 2.53. The summed E-state index contributed by atoms with van der Waals surface area (Å²) in [6.45, 7) is 0.887. The first kappa shape index (κ1) is 16.3. The fraction of sp³-hybridized carbons (Fsp3) is 0.500. The number of carboxylic acid groups (broad SMARTS) is 1. The Balaban J connectivity index is 1.96. The van der Waals surface area contributed by atoms with Crippen molar-refractivity contribution in [1.82, 2.24) is 9.80 Å². The molecule has 1 aliphatic rings. The van der Waals surface area contributed by atoms with Gasteiger partial charge in [-0.3, -0.25) is 4.79 Å². The van der Waals surface area contributed by atoms with Crippen LogP contribution in [-0.4, -0.2) is 60.2 Å². The third-order valence-corrected chi connectivity index (χ3v) is 3.97. The molecule has 0 bridgehead atoms. The Morgan fingerprint density at radius 1 is 1.27 bits per heavy atom. The van der Waals surface area contributed by atoms with E-state index < -0.39 is 18.0 Å². The SMILES string of the molecule is CN(C)[C@H]1C[C@@H](C(=O)O)CN(C(=O)OCc2ccccc2)C1. The Hall–Kier alpha value is -2.08. The maximum Gasteiger partial charge on any atom is 0.410 e. The Labute approximate surface area is 130 Å². The number of amides is 1. The summed E-state index contributed by atoms with van der Waals surface area (Å²) in [6, 6.07) is 9.45. The number of likely N-dealkylation sites (tertiary alicyclic amines) is 1. The summed E-state index contributed by atoms with van der Waals surface area (Å²) in [5.41, 5.74) is 0.909. The number of carbonyl (C=O) groups is 2. The van der Waals surface area contributed by atoms with Crippen LogP contribution in [0.3, 0.4) is 0 Å². The second kappa shape index (κ2) is 7.26. The molecule has 0 aliphatic carbocycles. The maximum atomic E-state index is 12.2. The predicted molar refractivity (Wildman–Crippen MR) is 81.4 cm³/mol. The van der Waals surface area contributed by atoms with Gasteiger partial charge in [-0.25, -0.2) is 4.79 Å². The average molecular weight is 306 g/mol. The highest BCUT2D eigenvalue weighted by Crippen LogP contribution is 2.21. The molecule has 1 saturated heterocycles. The van der Waals surface area contributed by atoms with E-state index in [0.29, 0.717) is 13.0 Å². The van der Waals surface area contributed by atoms with Crippen LogP contribution in [0.15, 0.2) is 30.3 Å². The van der Waals surface area contributed by atoms with Crippen molar-refractivity contribution in [3.8, 4) is 0 Å². The number of rotatable bonds is 4. The molecule has 6 nitrogen and oxygen atoms in total. The molecule has 2 atom stereocenters. The van der Waals surface area contributed by atoms with Gasteiger partial charge < -0.3 is 19.6 Å². The normalized spacial score (nSPS) is 21.7. The van der Waals surface area contributed by atoms with Crippen molar-refractivity contribution in [3.05, 3.63) is 35.9 Å². The summed E-state index contributed by atoms with van der Waals surface area (Å²) < 4.78 is 5.30. The quantitative estimate of drug-likeness (QED) is 0.916. The van der Waals surface area contributed by atoms with Crippen LogP contribution in [0.4, 0.5) is 4.79 Å². The highest BCUT2D eigenvalue weighted by Gasteiger charge is 2.35. The molecule has 1 aliphatic heterocycles. The summed E-state index contributed by atoms with van der Waals surface area (Å²) in [5.74, 6) is -1.42. The highest BCUT2D eigenvalue weighted by atomic mass is 16.6. The molecule has 1 N–H and O–H groups in total. The molecule has 1 amide bonds. The molecule has 1 heterocycles. The largest absolute Gasteiger partial charge is 0.481 e. The predicted octanol–water partition coefficient (Wildman–Crippen LogP) is 1.66. The zero-order valence-corrected chi connectivity index (χ0v) is 12.9. The van der Waals surface area contributed by atoms with E-state index in [1.165, 1.54) is 4.90 Å². The molecule has 1 fully saturated rings. The smallest absolute Gasteiger partial charge is 0.410 e. The van der Waals surface area contributed by atoms with Gasteiger partial charge in [0.1, 0.15) is 6.61 Å². The number of likely N-dealkylation sites (N-methyl/N-ethyl adjacent to an activating group) is 1. The number of carboxylic acids is 1. The molecule has 120 valence electrons. The van der Waals surface area contributed by atoms with Crippen molar-refractivity contribution in [1.29, 1.82) is 0 Å². The Morgan fingerprint density at radius 2 is 1.95 bits per heavy atom. The van der Waals surface area contributed by atoms with E-state index in [1.807, 2.05) is 49.3 Å². The number of benzene rings is 1. The van der Waals surface area contributed by atoms with E-state index in [2.05, 4.69) is 0 Å². The summed E-state index contributed by atoms with van der Waals surface area (Å²) in [6.07, 6.45) is 0.0896. The first-order chi connectivity index (χ1) is 10.5. The summed E-state index contributed by atoms with van der Waals surface area (Å²) in [7, 11) is 3.78. The molecule has 0 spiro atoms. The molecule has 1 aromatic rings. The Morgan fingerprint density at radius 3 is 2.55 bits per heavy atom. The third-order valence-electron chi connectivity index (χ3n) is 3.97. The minimum absolute atomic E-state index is 0.0270. The number of carbonyl (C=O) groups excluding carboxylic acids is 1. The van der Waals surface area contributed by atoms with Crippen LogP contribution in [0.2, 0.25) is 0 Å². The van der Waals surface area contributed by atoms with Crippen LogP contribution in [0.1, 0.15) is 12.0 Å². The topological polar surface area (TPSA) is 70.1 Å². The van der Waals surface area contributed by atoms with Gasteiger partial charge in [0.2, 0.25) is 0 Å². The van der Waals surface area contributed by atoms with E-state index in [9.17, 15) is 14.7 Å². The molecule has 1 aromatic carbocycles. The van der Waals surface area contributed by atoms with E-state index >= 15 is 0 Å². The van der Waals surface area contributed by atoms with Crippen LogP contribution in [0.5, 0.6) is 0 Å². The Kier molecular flexibility index (Phi) is 5.38. The first-order valence-corrected chi connectivity index (χ1v) is 7.32. The summed E-state index contributed by atoms with van der Waals surface area (Å²) in [4.78, 5) is 26.9. The lowest BCUT2D eigenvalue weighted by Gasteiger charge is -2.38. The maximum absolute atomic E-state index is 12.2. The summed E-state index contributed by atoms with van der Waals surface area (Å²) >= 11 is 0.